The molecule has 0 N–H and O–H groups in total. The van der Waals surface area contributed by atoms with Crippen LogP contribution < -0.4 is 19.1 Å². The number of para-hydroxylation sites is 2. The number of carbonyl (C=O) groups excluding carboxylic acids is 1. The van der Waals surface area contributed by atoms with E-state index < -0.39 is 4.92 Å². The fourth-order valence-electron chi connectivity index (χ4n) is 4.79. The Morgan fingerprint density at radius 3 is 2.20 bits per heavy atom. The molecule has 0 aliphatic carbocycles. The Balaban J connectivity index is 1.48. The fraction of sp³-hybridized carbons (Fsp3) is 0.241. The minimum atomic E-state index is -0.464. The average molecular weight is 544 g/mol. The van der Waals surface area contributed by atoms with E-state index in [9.17, 15) is 14.9 Å². The molecule has 0 bridgehead atoms. The first-order chi connectivity index (χ1) is 19.4. The number of benzene rings is 3. The molecule has 40 heavy (non-hydrogen) atoms. The van der Waals surface area contributed by atoms with Crippen LogP contribution in [-0.2, 0) is 0 Å². The van der Waals surface area contributed by atoms with Crippen molar-refractivity contribution in [2.75, 3.05) is 52.4 Å². The third-order valence-corrected chi connectivity index (χ3v) is 6.91. The zero-order chi connectivity index (χ0) is 28.2. The zero-order valence-electron chi connectivity index (χ0n) is 22.4. The molecular weight excluding hydrogens is 514 g/mol. The summed E-state index contributed by atoms with van der Waals surface area (Å²) in [5.41, 5.74) is 3.01. The van der Waals surface area contributed by atoms with Crippen LogP contribution in [0.4, 0.5) is 11.4 Å². The number of aromatic nitrogens is 2. The lowest BCUT2D eigenvalue weighted by molar-refractivity contribution is -0.384. The highest BCUT2D eigenvalue weighted by atomic mass is 16.6. The monoisotopic (exact) mass is 543 g/mol. The SMILES string of the molecule is COc1ccc(-c2cc(C(=O)N3CCN(c4ccccc4OC)CC3)n(-c3ccc([N+](=O)[O-])cc3)n2)c(OC)c1. The summed E-state index contributed by atoms with van der Waals surface area (Å²) >= 11 is 0. The van der Waals surface area contributed by atoms with Crippen LogP contribution in [-0.4, -0.2) is 73.0 Å². The van der Waals surface area contributed by atoms with Gasteiger partial charge in [0.15, 0.2) is 0 Å². The van der Waals surface area contributed by atoms with E-state index in [0.717, 1.165) is 11.4 Å². The smallest absolute Gasteiger partial charge is 0.272 e. The number of ether oxygens (including phenoxy) is 3. The maximum absolute atomic E-state index is 13.9. The summed E-state index contributed by atoms with van der Waals surface area (Å²) < 4.78 is 17.9. The second-order valence-electron chi connectivity index (χ2n) is 9.12. The summed E-state index contributed by atoms with van der Waals surface area (Å²) in [6, 6.07) is 20.9. The Morgan fingerprint density at radius 1 is 0.850 bits per heavy atom. The lowest BCUT2D eigenvalue weighted by atomic mass is 10.1. The van der Waals surface area contributed by atoms with Gasteiger partial charge in [-0.2, -0.15) is 5.10 Å². The Morgan fingerprint density at radius 2 is 1.55 bits per heavy atom. The van der Waals surface area contributed by atoms with Crippen LogP contribution in [0.5, 0.6) is 17.2 Å². The Labute approximate surface area is 231 Å². The average Bonchev–Trinajstić information content (AvgIpc) is 3.45. The van der Waals surface area contributed by atoms with E-state index in [2.05, 4.69) is 4.90 Å². The minimum Gasteiger partial charge on any atom is -0.497 e. The number of methoxy groups -OCH3 is 3. The van der Waals surface area contributed by atoms with Crippen LogP contribution >= 0.6 is 0 Å². The van der Waals surface area contributed by atoms with Gasteiger partial charge in [-0.15, -0.1) is 0 Å². The quantitative estimate of drug-likeness (QED) is 0.237. The summed E-state index contributed by atoms with van der Waals surface area (Å²) in [6.45, 7) is 2.28. The van der Waals surface area contributed by atoms with Crippen molar-refractivity contribution in [1.29, 1.82) is 0 Å². The van der Waals surface area contributed by atoms with Gasteiger partial charge in [-0.05, 0) is 42.5 Å². The summed E-state index contributed by atoms with van der Waals surface area (Å²) in [5, 5.41) is 15.9. The molecule has 1 amide bonds. The van der Waals surface area contributed by atoms with Crippen molar-refractivity contribution in [1.82, 2.24) is 14.7 Å². The number of anilines is 1. The molecule has 11 heteroatoms. The van der Waals surface area contributed by atoms with Crippen LogP contribution in [0.2, 0.25) is 0 Å². The van der Waals surface area contributed by atoms with Gasteiger partial charge in [0.2, 0.25) is 0 Å². The molecule has 2 heterocycles. The summed E-state index contributed by atoms with van der Waals surface area (Å²) in [4.78, 5) is 28.6. The second-order valence-corrected chi connectivity index (χ2v) is 9.12. The van der Waals surface area contributed by atoms with E-state index in [4.69, 9.17) is 19.3 Å². The summed E-state index contributed by atoms with van der Waals surface area (Å²) in [7, 11) is 4.77. The molecule has 0 unspecified atom stereocenters. The number of piperazine rings is 1. The van der Waals surface area contributed by atoms with Crippen molar-refractivity contribution in [3.8, 4) is 34.2 Å². The zero-order valence-corrected chi connectivity index (χ0v) is 22.4. The van der Waals surface area contributed by atoms with E-state index in [0.29, 0.717) is 60.3 Å². The molecule has 1 fully saturated rings. The Kier molecular flexibility index (Phi) is 7.54. The highest BCUT2D eigenvalue weighted by Crippen LogP contribution is 2.34. The van der Waals surface area contributed by atoms with Gasteiger partial charge in [-0.1, -0.05) is 12.1 Å². The van der Waals surface area contributed by atoms with Gasteiger partial charge in [0.25, 0.3) is 11.6 Å². The number of non-ortho nitro benzene ring substituents is 1. The fourth-order valence-corrected chi connectivity index (χ4v) is 4.79. The number of nitrogens with zero attached hydrogens (tertiary/aromatic N) is 5. The predicted octanol–water partition coefficient (Wildman–Crippen LogP) is 4.44. The molecule has 0 spiro atoms. The second kappa shape index (κ2) is 11.4. The molecule has 11 nitrogen and oxygen atoms in total. The number of hydrogen-bond donors (Lipinski definition) is 0. The lowest BCUT2D eigenvalue weighted by Gasteiger charge is -2.36. The van der Waals surface area contributed by atoms with Crippen LogP contribution in [0.1, 0.15) is 10.5 Å². The van der Waals surface area contributed by atoms with Crippen LogP contribution in [0.25, 0.3) is 16.9 Å². The van der Waals surface area contributed by atoms with Crippen molar-refractivity contribution >= 4 is 17.3 Å². The van der Waals surface area contributed by atoms with Crippen LogP contribution in [0, 0.1) is 10.1 Å². The molecule has 1 saturated heterocycles. The number of amides is 1. The first-order valence-electron chi connectivity index (χ1n) is 12.7. The molecule has 5 rings (SSSR count). The molecule has 0 atom stereocenters. The number of nitro groups is 1. The Bertz CT molecular complexity index is 1530. The molecule has 1 aromatic heterocycles. The molecule has 1 aliphatic rings. The lowest BCUT2D eigenvalue weighted by Crippen LogP contribution is -2.49. The van der Waals surface area contributed by atoms with Crippen LogP contribution in [0.15, 0.2) is 72.8 Å². The van der Waals surface area contributed by atoms with Crippen molar-refractivity contribution in [2.24, 2.45) is 0 Å². The largest absolute Gasteiger partial charge is 0.497 e. The van der Waals surface area contributed by atoms with Gasteiger partial charge in [-0.25, -0.2) is 4.68 Å². The highest BCUT2D eigenvalue weighted by Gasteiger charge is 2.28. The van der Waals surface area contributed by atoms with E-state index in [1.54, 1.807) is 56.6 Å². The van der Waals surface area contributed by atoms with Crippen LogP contribution in [0.3, 0.4) is 0 Å². The highest BCUT2D eigenvalue weighted by molar-refractivity contribution is 5.95. The maximum Gasteiger partial charge on any atom is 0.272 e. The minimum absolute atomic E-state index is 0.0479. The third kappa shape index (κ3) is 5.13. The number of rotatable bonds is 8. The van der Waals surface area contributed by atoms with Gasteiger partial charge in [0, 0.05) is 49.9 Å². The number of hydrogen-bond acceptors (Lipinski definition) is 8. The standard InChI is InChI=1S/C29H29N5O6/c1-38-22-12-13-23(28(18-22)40-3)24-19-26(33(30-24)20-8-10-21(11-9-20)34(36)37)29(35)32-16-14-31(15-17-32)25-6-4-5-7-27(25)39-2/h4-13,18-19H,14-17H2,1-3H3. The summed E-state index contributed by atoms with van der Waals surface area (Å²) in [6.07, 6.45) is 0. The molecular formula is C29H29N5O6. The van der Waals surface area contributed by atoms with E-state index in [1.165, 1.54) is 16.8 Å². The van der Waals surface area contributed by atoms with Gasteiger partial charge >= 0.3 is 0 Å². The molecule has 0 saturated carbocycles. The van der Waals surface area contributed by atoms with Crippen molar-refractivity contribution in [3.05, 3.63) is 88.6 Å². The number of nitro benzene ring substituents is 1. The first-order valence-corrected chi connectivity index (χ1v) is 12.7. The normalized spacial score (nSPS) is 13.2. The topological polar surface area (TPSA) is 112 Å². The van der Waals surface area contributed by atoms with Gasteiger partial charge < -0.3 is 24.0 Å². The third-order valence-electron chi connectivity index (χ3n) is 6.91. The molecule has 0 radical (unpaired) electrons. The molecule has 3 aromatic carbocycles. The summed E-state index contributed by atoms with van der Waals surface area (Å²) in [5.74, 6) is 1.76. The van der Waals surface area contributed by atoms with Crippen molar-refractivity contribution in [3.63, 3.8) is 0 Å². The molecule has 1 aliphatic heterocycles. The van der Waals surface area contributed by atoms with Gasteiger partial charge in [0.05, 0.1) is 43.3 Å². The van der Waals surface area contributed by atoms with Gasteiger partial charge in [-0.3, -0.25) is 14.9 Å². The van der Waals surface area contributed by atoms with Gasteiger partial charge in [0.1, 0.15) is 22.9 Å². The van der Waals surface area contributed by atoms with E-state index in [1.807, 2.05) is 30.3 Å². The Hall–Kier alpha value is -5.06. The maximum atomic E-state index is 13.9. The number of carbonyl (C=O) groups is 1. The molecule has 4 aromatic rings. The van der Waals surface area contributed by atoms with E-state index >= 15 is 0 Å². The first kappa shape index (κ1) is 26.5. The van der Waals surface area contributed by atoms with E-state index in [-0.39, 0.29) is 11.6 Å². The van der Waals surface area contributed by atoms with Crippen molar-refractivity contribution < 1.29 is 23.9 Å². The van der Waals surface area contributed by atoms with Crippen molar-refractivity contribution in [2.45, 2.75) is 0 Å². The predicted molar refractivity (Wildman–Crippen MR) is 150 cm³/mol. The molecule has 206 valence electrons.